The number of ether oxygens (including phenoxy) is 3. The second-order valence-corrected chi connectivity index (χ2v) is 12.4. The Balaban J connectivity index is 2.09. The average molecular weight is 467 g/mol. The molecule has 0 radical (unpaired) electrons. The number of fused-ring (bicyclic) bond motifs is 5. The molecule has 0 spiro atoms. The highest BCUT2D eigenvalue weighted by molar-refractivity contribution is 5.70. The quantitative estimate of drug-likeness (QED) is 0.571. The van der Waals surface area contributed by atoms with Gasteiger partial charge in [-0.2, -0.15) is 0 Å². The third-order valence-corrected chi connectivity index (χ3v) is 8.78. The van der Waals surface area contributed by atoms with Crippen LogP contribution in [-0.2, 0) is 23.8 Å². The van der Waals surface area contributed by atoms with E-state index >= 15 is 0 Å². The maximum Gasteiger partial charge on any atom is 0.306 e. The summed E-state index contributed by atoms with van der Waals surface area (Å²) in [5.74, 6) is 0.817. The maximum atomic E-state index is 12.8. The molecule has 3 aliphatic rings. The van der Waals surface area contributed by atoms with Crippen LogP contribution in [-0.4, -0.2) is 46.6 Å². The van der Waals surface area contributed by atoms with Crippen molar-refractivity contribution in [2.24, 2.45) is 29.1 Å². The van der Waals surface area contributed by atoms with Crippen LogP contribution in [0, 0.1) is 29.1 Å². The largest absolute Gasteiger partial charge is 0.460 e. The van der Waals surface area contributed by atoms with E-state index in [9.17, 15) is 14.7 Å². The fourth-order valence-electron chi connectivity index (χ4n) is 7.14. The fraction of sp³-hybridized carbons (Fsp3) is 0.926. The number of hydrogen-bond acceptors (Lipinski definition) is 6. The first-order valence-corrected chi connectivity index (χ1v) is 13.0. The van der Waals surface area contributed by atoms with Gasteiger partial charge in [0, 0.05) is 19.8 Å². The lowest BCUT2D eigenvalue weighted by molar-refractivity contribution is -0.182. The Morgan fingerprint density at radius 2 is 1.79 bits per heavy atom. The molecule has 3 rings (SSSR count). The zero-order valence-electron chi connectivity index (χ0n) is 22.0. The average Bonchev–Trinajstić information content (AvgIpc) is 3.05. The molecule has 190 valence electrons. The number of hydrogen-bond donors (Lipinski definition) is 1. The SMILES string of the molecule is CCCC(=O)O[C@]1(C)CC[C@H](OC(C)=O)[C@@](C)(O)C[C@H]2O[C@@H]1[C@H]1[C@@H]2C(C)(C)CC[C@@H]1C(C)C. The predicted molar refractivity (Wildman–Crippen MR) is 126 cm³/mol. The fourth-order valence-corrected chi connectivity index (χ4v) is 7.14. The normalized spacial score (nSPS) is 42.6. The predicted octanol–water partition coefficient (Wildman–Crippen LogP) is 5.05. The van der Waals surface area contributed by atoms with Gasteiger partial charge < -0.3 is 19.3 Å². The van der Waals surface area contributed by atoms with E-state index < -0.39 is 23.3 Å². The molecule has 6 heteroatoms. The van der Waals surface area contributed by atoms with E-state index in [1.54, 1.807) is 6.92 Å². The first kappa shape index (κ1) is 26.5. The molecule has 1 saturated carbocycles. The van der Waals surface area contributed by atoms with Crippen LogP contribution in [0.2, 0.25) is 0 Å². The Morgan fingerprint density at radius 3 is 2.36 bits per heavy atom. The highest BCUT2D eigenvalue weighted by Crippen LogP contribution is 2.60. The minimum atomic E-state index is -1.23. The molecule has 3 fully saturated rings. The van der Waals surface area contributed by atoms with Crippen molar-refractivity contribution in [1.82, 2.24) is 0 Å². The van der Waals surface area contributed by atoms with Gasteiger partial charge in [0.2, 0.25) is 0 Å². The van der Waals surface area contributed by atoms with Gasteiger partial charge in [0.15, 0.2) is 0 Å². The third-order valence-electron chi connectivity index (χ3n) is 8.78. The summed E-state index contributed by atoms with van der Waals surface area (Å²) in [5.41, 5.74) is -2.03. The minimum absolute atomic E-state index is 0.0377. The van der Waals surface area contributed by atoms with Gasteiger partial charge >= 0.3 is 11.9 Å². The monoisotopic (exact) mass is 466 g/mol. The van der Waals surface area contributed by atoms with E-state index in [0.717, 1.165) is 19.3 Å². The number of aliphatic hydroxyl groups is 1. The van der Waals surface area contributed by atoms with Crippen LogP contribution >= 0.6 is 0 Å². The molecule has 8 atom stereocenters. The van der Waals surface area contributed by atoms with Crippen molar-refractivity contribution in [3.05, 3.63) is 0 Å². The van der Waals surface area contributed by atoms with Crippen molar-refractivity contribution in [2.75, 3.05) is 0 Å². The highest BCUT2D eigenvalue weighted by Gasteiger charge is 2.63. The van der Waals surface area contributed by atoms with Crippen molar-refractivity contribution >= 4 is 11.9 Å². The van der Waals surface area contributed by atoms with Crippen molar-refractivity contribution in [2.45, 2.75) is 130 Å². The van der Waals surface area contributed by atoms with Crippen LogP contribution in [0.1, 0.15) is 100 Å². The second kappa shape index (κ2) is 9.49. The van der Waals surface area contributed by atoms with Crippen molar-refractivity contribution in [3.8, 4) is 0 Å². The van der Waals surface area contributed by atoms with E-state index in [4.69, 9.17) is 14.2 Å². The molecule has 0 amide bonds. The van der Waals surface area contributed by atoms with E-state index in [2.05, 4.69) is 27.7 Å². The van der Waals surface area contributed by atoms with Gasteiger partial charge in [-0.3, -0.25) is 9.59 Å². The summed E-state index contributed by atoms with van der Waals surface area (Å²) in [6.45, 7) is 16.3. The Morgan fingerprint density at radius 1 is 1.12 bits per heavy atom. The summed E-state index contributed by atoms with van der Waals surface area (Å²) in [7, 11) is 0. The summed E-state index contributed by atoms with van der Waals surface area (Å²) < 4.78 is 18.7. The number of rotatable bonds is 5. The zero-order chi connectivity index (χ0) is 24.8. The number of carbonyl (C=O) groups is 2. The molecular formula is C27H46O6. The molecule has 0 unspecified atom stereocenters. The molecule has 0 aromatic rings. The Hall–Kier alpha value is -1.14. The van der Waals surface area contributed by atoms with Gasteiger partial charge in [-0.25, -0.2) is 0 Å². The van der Waals surface area contributed by atoms with E-state index in [0.29, 0.717) is 37.5 Å². The number of carbonyl (C=O) groups excluding carboxylic acids is 2. The van der Waals surface area contributed by atoms with Gasteiger partial charge in [-0.15, -0.1) is 0 Å². The summed E-state index contributed by atoms with van der Waals surface area (Å²) >= 11 is 0. The molecule has 2 bridgehead atoms. The summed E-state index contributed by atoms with van der Waals surface area (Å²) in [6, 6.07) is 0. The standard InChI is InChI=1S/C27H46O6/c1-9-10-21(29)33-27(8)14-12-20(31-17(4)28)26(7,30)15-19-23-22(24(27)32-19)18(16(2)3)11-13-25(23,5)6/h16,18-20,22-24,30H,9-15H2,1-8H3/t18-,19-,20+,22-,23-,24-,26+,27-/m1/s1. The molecule has 6 nitrogen and oxygen atoms in total. The van der Waals surface area contributed by atoms with E-state index in [1.807, 2.05) is 13.8 Å². The van der Waals surface area contributed by atoms with Gasteiger partial charge in [0.05, 0.1) is 6.10 Å². The van der Waals surface area contributed by atoms with Crippen LogP contribution < -0.4 is 0 Å². The van der Waals surface area contributed by atoms with Gasteiger partial charge in [0.25, 0.3) is 0 Å². The zero-order valence-corrected chi connectivity index (χ0v) is 22.0. The van der Waals surface area contributed by atoms with Gasteiger partial charge in [-0.1, -0.05) is 34.6 Å². The molecule has 1 aliphatic carbocycles. The van der Waals surface area contributed by atoms with Crippen molar-refractivity contribution < 1.29 is 28.9 Å². The topological polar surface area (TPSA) is 82.1 Å². The minimum Gasteiger partial charge on any atom is -0.460 e. The second-order valence-electron chi connectivity index (χ2n) is 12.4. The lowest BCUT2D eigenvalue weighted by Crippen LogP contribution is -2.54. The maximum absolute atomic E-state index is 12.8. The molecule has 2 aliphatic heterocycles. The first-order chi connectivity index (χ1) is 15.2. The first-order valence-electron chi connectivity index (χ1n) is 13.0. The smallest absolute Gasteiger partial charge is 0.306 e. The lowest BCUT2D eigenvalue weighted by Gasteiger charge is -2.51. The van der Waals surface area contributed by atoms with Crippen LogP contribution in [0.25, 0.3) is 0 Å². The summed E-state index contributed by atoms with van der Waals surface area (Å²) in [6.07, 6.45) is 3.51. The molecule has 1 N–H and O–H groups in total. The van der Waals surface area contributed by atoms with Gasteiger partial charge in [-0.05, 0) is 75.0 Å². The lowest BCUT2D eigenvalue weighted by atomic mass is 9.54. The Bertz CT molecular complexity index is 728. The summed E-state index contributed by atoms with van der Waals surface area (Å²) in [5, 5.41) is 11.5. The highest BCUT2D eigenvalue weighted by atomic mass is 16.6. The van der Waals surface area contributed by atoms with E-state index in [1.165, 1.54) is 6.92 Å². The molecule has 0 aromatic carbocycles. The van der Waals surface area contributed by atoms with E-state index in [-0.39, 0.29) is 35.4 Å². The molecule has 2 heterocycles. The Kier molecular flexibility index (Phi) is 7.61. The van der Waals surface area contributed by atoms with Crippen molar-refractivity contribution in [1.29, 1.82) is 0 Å². The third kappa shape index (κ3) is 5.27. The Labute approximate surface area is 200 Å². The van der Waals surface area contributed by atoms with Gasteiger partial charge in [0.1, 0.15) is 23.4 Å². The molecule has 2 saturated heterocycles. The van der Waals surface area contributed by atoms with Crippen LogP contribution in [0.15, 0.2) is 0 Å². The molecular weight excluding hydrogens is 420 g/mol. The van der Waals surface area contributed by atoms with Crippen molar-refractivity contribution in [3.63, 3.8) is 0 Å². The summed E-state index contributed by atoms with van der Waals surface area (Å²) in [4.78, 5) is 24.6. The molecule has 33 heavy (non-hydrogen) atoms. The number of esters is 2. The molecule has 0 aromatic heterocycles. The van der Waals surface area contributed by atoms with Crippen LogP contribution in [0.3, 0.4) is 0 Å². The van der Waals surface area contributed by atoms with Crippen LogP contribution in [0.4, 0.5) is 0 Å². The van der Waals surface area contributed by atoms with Crippen LogP contribution in [0.5, 0.6) is 0 Å².